The maximum Gasteiger partial charge on any atom is 0.191 e. The Kier molecular flexibility index (Phi) is 8.90. The van der Waals surface area contributed by atoms with Crippen LogP contribution in [0.25, 0.3) is 11.3 Å². The summed E-state index contributed by atoms with van der Waals surface area (Å²) >= 11 is 0. The number of aromatic nitrogens is 1. The van der Waals surface area contributed by atoms with Gasteiger partial charge >= 0.3 is 0 Å². The maximum absolute atomic E-state index is 5.47. The molecular formula is C24H30IN5O. The molecule has 0 bridgehead atoms. The molecule has 1 atom stereocenters. The van der Waals surface area contributed by atoms with Crippen LogP contribution in [0.1, 0.15) is 24.1 Å². The molecule has 1 aliphatic rings. The van der Waals surface area contributed by atoms with Crippen LogP contribution in [-0.2, 0) is 13.1 Å². The van der Waals surface area contributed by atoms with Crippen molar-refractivity contribution < 1.29 is 4.52 Å². The molecule has 0 amide bonds. The van der Waals surface area contributed by atoms with Crippen LogP contribution >= 0.6 is 24.0 Å². The van der Waals surface area contributed by atoms with Gasteiger partial charge in [-0.1, -0.05) is 65.8 Å². The van der Waals surface area contributed by atoms with E-state index in [9.17, 15) is 0 Å². The van der Waals surface area contributed by atoms with Crippen LogP contribution in [-0.4, -0.2) is 42.2 Å². The van der Waals surface area contributed by atoms with Crippen molar-refractivity contribution >= 4 is 29.9 Å². The Balaban J connectivity index is 0.00000272. The van der Waals surface area contributed by atoms with Crippen LogP contribution in [0.15, 0.2) is 76.2 Å². The lowest BCUT2D eigenvalue weighted by molar-refractivity contribution is 0.245. The summed E-state index contributed by atoms with van der Waals surface area (Å²) in [5, 5.41) is 11.0. The predicted octanol–water partition coefficient (Wildman–Crippen LogP) is 4.29. The van der Waals surface area contributed by atoms with Gasteiger partial charge < -0.3 is 15.2 Å². The third-order valence-corrected chi connectivity index (χ3v) is 5.51. The number of rotatable bonds is 7. The standard InChI is InChI=1S/C24H29N5O.HI/c1-25-24(26-16-21-15-23(30-28-21)20-11-6-3-7-12-20)27-17-22-13-8-14-29(22)18-19-9-4-2-5-10-19;/h2-7,9-12,15,22H,8,13-14,16-18H2,1H3,(H2,25,26,27);1H. The van der Waals surface area contributed by atoms with Gasteiger partial charge in [0, 0.05) is 37.8 Å². The second-order valence-corrected chi connectivity index (χ2v) is 7.61. The van der Waals surface area contributed by atoms with Gasteiger partial charge in [-0.05, 0) is 24.9 Å². The van der Waals surface area contributed by atoms with Gasteiger partial charge in [0.1, 0.15) is 5.69 Å². The fraction of sp³-hybridized carbons (Fsp3) is 0.333. The first-order chi connectivity index (χ1) is 14.8. The number of benzene rings is 2. The molecule has 1 fully saturated rings. The Morgan fingerprint density at radius 3 is 2.58 bits per heavy atom. The van der Waals surface area contributed by atoms with Crippen molar-refractivity contribution in [2.45, 2.75) is 32.0 Å². The van der Waals surface area contributed by atoms with Crippen molar-refractivity contribution in [3.05, 3.63) is 78.0 Å². The quantitative estimate of drug-likeness (QED) is 0.271. The first-order valence-corrected chi connectivity index (χ1v) is 10.6. The van der Waals surface area contributed by atoms with Gasteiger partial charge in [0.25, 0.3) is 0 Å². The van der Waals surface area contributed by atoms with E-state index in [0.29, 0.717) is 12.6 Å². The van der Waals surface area contributed by atoms with Crippen molar-refractivity contribution in [3.8, 4) is 11.3 Å². The number of nitrogens with one attached hydrogen (secondary N) is 2. The summed E-state index contributed by atoms with van der Waals surface area (Å²) in [6.07, 6.45) is 2.45. The summed E-state index contributed by atoms with van der Waals surface area (Å²) in [4.78, 5) is 6.91. The third-order valence-electron chi connectivity index (χ3n) is 5.51. The van der Waals surface area contributed by atoms with Gasteiger partial charge in [-0.15, -0.1) is 24.0 Å². The minimum atomic E-state index is 0. The molecule has 0 spiro atoms. The maximum atomic E-state index is 5.47. The highest BCUT2D eigenvalue weighted by atomic mass is 127. The van der Waals surface area contributed by atoms with Crippen LogP contribution in [0.5, 0.6) is 0 Å². The van der Waals surface area contributed by atoms with Gasteiger partial charge in [0.2, 0.25) is 0 Å². The summed E-state index contributed by atoms with van der Waals surface area (Å²) < 4.78 is 5.47. The van der Waals surface area contributed by atoms with Crippen LogP contribution in [0, 0.1) is 0 Å². The second kappa shape index (κ2) is 11.9. The zero-order valence-corrected chi connectivity index (χ0v) is 20.2. The molecule has 1 aliphatic heterocycles. The Hall–Kier alpha value is -2.39. The van der Waals surface area contributed by atoms with E-state index in [1.54, 1.807) is 7.05 Å². The lowest BCUT2D eigenvalue weighted by Gasteiger charge is -2.25. The predicted molar refractivity (Wildman–Crippen MR) is 135 cm³/mol. The van der Waals surface area contributed by atoms with Crippen molar-refractivity contribution in [1.29, 1.82) is 0 Å². The second-order valence-electron chi connectivity index (χ2n) is 7.61. The molecule has 0 radical (unpaired) electrons. The minimum Gasteiger partial charge on any atom is -0.356 e. The molecule has 0 saturated carbocycles. The molecule has 2 N–H and O–H groups in total. The Bertz CT molecular complexity index is 945. The number of hydrogen-bond acceptors (Lipinski definition) is 4. The minimum absolute atomic E-state index is 0. The molecule has 1 saturated heterocycles. The lowest BCUT2D eigenvalue weighted by atomic mass is 10.1. The van der Waals surface area contributed by atoms with Gasteiger partial charge in [0.15, 0.2) is 11.7 Å². The van der Waals surface area contributed by atoms with Crippen molar-refractivity contribution in [2.24, 2.45) is 4.99 Å². The molecule has 7 heteroatoms. The number of aliphatic imine (C=N–C) groups is 1. The highest BCUT2D eigenvalue weighted by Gasteiger charge is 2.24. The molecule has 4 rings (SSSR count). The SMILES string of the molecule is CN=C(NCc1cc(-c2ccccc2)on1)NCC1CCCN1Cc1ccccc1.I. The molecule has 164 valence electrons. The summed E-state index contributed by atoms with van der Waals surface area (Å²) in [5.41, 5.74) is 3.24. The Labute approximate surface area is 201 Å². The normalized spacial score (nSPS) is 16.7. The highest BCUT2D eigenvalue weighted by Crippen LogP contribution is 2.20. The smallest absolute Gasteiger partial charge is 0.191 e. The topological polar surface area (TPSA) is 65.7 Å². The average Bonchev–Trinajstić information content (AvgIpc) is 3.45. The van der Waals surface area contributed by atoms with E-state index in [1.807, 2.05) is 36.4 Å². The van der Waals surface area contributed by atoms with Crippen LogP contribution in [0.3, 0.4) is 0 Å². The fourth-order valence-electron chi connectivity index (χ4n) is 3.90. The number of guanidine groups is 1. The molecule has 1 aromatic heterocycles. The number of nitrogens with zero attached hydrogens (tertiary/aromatic N) is 3. The van der Waals surface area contributed by atoms with Crippen molar-refractivity contribution in [1.82, 2.24) is 20.7 Å². The number of hydrogen-bond donors (Lipinski definition) is 2. The van der Waals surface area contributed by atoms with E-state index < -0.39 is 0 Å². The van der Waals surface area contributed by atoms with E-state index in [4.69, 9.17) is 4.52 Å². The first-order valence-electron chi connectivity index (χ1n) is 10.6. The van der Waals surface area contributed by atoms with Gasteiger partial charge in [-0.3, -0.25) is 9.89 Å². The summed E-state index contributed by atoms with van der Waals surface area (Å²) in [7, 11) is 1.80. The molecule has 1 unspecified atom stereocenters. The van der Waals surface area contributed by atoms with Crippen LogP contribution in [0.2, 0.25) is 0 Å². The van der Waals surface area contributed by atoms with E-state index >= 15 is 0 Å². The van der Waals surface area contributed by atoms with Gasteiger partial charge in [-0.25, -0.2) is 0 Å². The summed E-state index contributed by atoms with van der Waals surface area (Å²) in [6.45, 7) is 3.59. The molecular weight excluding hydrogens is 501 g/mol. The fourth-order valence-corrected chi connectivity index (χ4v) is 3.90. The average molecular weight is 531 g/mol. The van der Waals surface area contributed by atoms with Crippen LogP contribution in [0.4, 0.5) is 0 Å². The van der Waals surface area contributed by atoms with Gasteiger partial charge in [0.05, 0.1) is 6.54 Å². The monoisotopic (exact) mass is 531 g/mol. The number of halogens is 1. The van der Waals surface area contributed by atoms with E-state index in [2.05, 4.69) is 56.0 Å². The molecule has 6 nitrogen and oxygen atoms in total. The third kappa shape index (κ3) is 6.54. The lowest BCUT2D eigenvalue weighted by Crippen LogP contribution is -2.44. The van der Waals surface area contributed by atoms with Crippen LogP contribution < -0.4 is 10.6 Å². The van der Waals surface area contributed by atoms with Crippen molar-refractivity contribution in [2.75, 3.05) is 20.1 Å². The molecule has 2 heterocycles. The van der Waals surface area contributed by atoms with Gasteiger partial charge in [-0.2, -0.15) is 0 Å². The van der Waals surface area contributed by atoms with Crippen molar-refractivity contribution in [3.63, 3.8) is 0 Å². The summed E-state index contributed by atoms with van der Waals surface area (Å²) in [5.74, 6) is 1.56. The highest BCUT2D eigenvalue weighted by molar-refractivity contribution is 14.0. The van der Waals surface area contributed by atoms with E-state index in [1.165, 1.54) is 18.4 Å². The largest absolute Gasteiger partial charge is 0.356 e. The molecule has 0 aliphatic carbocycles. The first kappa shape index (κ1) is 23.3. The molecule has 2 aromatic carbocycles. The summed E-state index contributed by atoms with van der Waals surface area (Å²) in [6, 6.07) is 23.2. The zero-order valence-electron chi connectivity index (χ0n) is 17.8. The number of likely N-dealkylation sites (tertiary alicyclic amines) is 1. The molecule has 31 heavy (non-hydrogen) atoms. The zero-order chi connectivity index (χ0) is 20.6. The Morgan fingerprint density at radius 1 is 1.10 bits per heavy atom. The Morgan fingerprint density at radius 2 is 1.84 bits per heavy atom. The van der Waals surface area contributed by atoms with E-state index in [-0.39, 0.29) is 24.0 Å². The van der Waals surface area contributed by atoms with E-state index in [0.717, 1.165) is 42.6 Å². The molecule has 3 aromatic rings.